The second kappa shape index (κ2) is 12.2. The molecule has 0 saturated carbocycles. The second-order valence-corrected chi connectivity index (χ2v) is 6.72. The summed E-state index contributed by atoms with van der Waals surface area (Å²) >= 11 is 0. The predicted octanol–water partition coefficient (Wildman–Crippen LogP) is 5.76. The van der Waals surface area contributed by atoms with E-state index < -0.39 is 0 Å². The zero-order valence-corrected chi connectivity index (χ0v) is 17.0. The number of hydrogen-bond donors (Lipinski definition) is 0. The van der Waals surface area contributed by atoms with Crippen LogP contribution in [-0.2, 0) is 0 Å². The Kier molecular flexibility index (Phi) is 9.50. The maximum absolute atomic E-state index is 5.89. The van der Waals surface area contributed by atoms with Crippen molar-refractivity contribution in [1.29, 1.82) is 0 Å². The first-order valence-electron chi connectivity index (χ1n) is 10.0. The molecule has 0 aromatic heterocycles. The van der Waals surface area contributed by atoms with E-state index in [9.17, 15) is 0 Å². The van der Waals surface area contributed by atoms with Gasteiger partial charge in [-0.3, -0.25) is 0 Å². The molecule has 3 heteroatoms. The minimum atomic E-state index is 0.767. The van der Waals surface area contributed by atoms with Gasteiger partial charge in [-0.1, -0.05) is 50.3 Å². The zero-order chi connectivity index (χ0) is 19.3. The number of rotatable bonds is 12. The third-order valence-electron chi connectivity index (χ3n) is 4.41. The highest BCUT2D eigenvalue weighted by molar-refractivity contribution is 5.70. The van der Waals surface area contributed by atoms with Crippen molar-refractivity contribution in [2.24, 2.45) is 0 Å². The van der Waals surface area contributed by atoms with Crippen LogP contribution in [0.3, 0.4) is 0 Å². The Balaban J connectivity index is 1.78. The highest BCUT2D eigenvalue weighted by Crippen LogP contribution is 2.17. The lowest BCUT2D eigenvalue weighted by atomic mass is 10.1. The molecule has 3 nitrogen and oxygen atoms in total. The van der Waals surface area contributed by atoms with Crippen molar-refractivity contribution in [1.82, 2.24) is 4.90 Å². The summed E-state index contributed by atoms with van der Waals surface area (Å²) in [6.45, 7) is 8.73. The first kappa shape index (κ1) is 21.0. The Morgan fingerprint density at radius 3 is 2.19 bits per heavy atom. The summed E-state index contributed by atoms with van der Waals surface area (Å²) in [6.07, 6.45) is 7.69. The maximum atomic E-state index is 5.89. The molecule has 0 saturated heterocycles. The quantitative estimate of drug-likeness (QED) is 0.352. The van der Waals surface area contributed by atoms with Crippen LogP contribution in [0.5, 0.6) is 11.5 Å². The van der Waals surface area contributed by atoms with Crippen molar-refractivity contribution in [3.05, 3.63) is 59.7 Å². The maximum Gasteiger partial charge on any atom is 0.119 e. The number of benzene rings is 2. The van der Waals surface area contributed by atoms with Crippen LogP contribution in [0.25, 0.3) is 12.2 Å². The topological polar surface area (TPSA) is 21.7 Å². The van der Waals surface area contributed by atoms with Crippen molar-refractivity contribution in [3.8, 4) is 11.5 Å². The van der Waals surface area contributed by atoms with E-state index >= 15 is 0 Å². The summed E-state index contributed by atoms with van der Waals surface area (Å²) in [5, 5.41) is 0. The van der Waals surface area contributed by atoms with Crippen molar-refractivity contribution < 1.29 is 9.47 Å². The Bertz CT molecular complexity index is 673. The third kappa shape index (κ3) is 7.88. The monoisotopic (exact) mass is 367 g/mol. The lowest BCUT2D eigenvalue weighted by Crippen LogP contribution is -2.27. The molecule has 0 atom stereocenters. The highest BCUT2D eigenvalue weighted by atomic mass is 16.5. The van der Waals surface area contributed by atoms with Crippen LogP contribution in [0.2, 0.25) is 0 Å². The summed E-state index contributed by atoms with van der Waals surface area (Å²) in [4.78, 5) is 2.52. The molecular weight excluding hydrogens is 334 g/mol. The van der Waals surface area contributed by atoms with E-state index in [1.807, 2.05) is 30.3 Å². The smallest absolute Gasteiger partial charge is 0.119 e. The van der Waals surface area contributed by atoms with Crippen molar-refractivity contribution in [2.45, 2.75) is 33.1 Å². The van der Waals surface area contributed by atoms with E-state index in [-0.39, 0.29) is 0 Å². The van der Waals surface area contributed by atoms with Gasteiger partial charge in [0.15, 0.2) is 0 Å². The van der Waals surface area contributed by atoms with Gasteiger partial charge in [0.05, 0.1) is 13.7 Å². The predicted molar refractivity (Wildman–Crippen MR) is 115 cm³/mol. The fraction of sp³-hybridized carbons (Fsp3) is 0.417. The van der Waals surface area contributed by atoms with Crippen molar-refractivity contribution in [3.63, 3.8) is 0 Å². The number of ether oxygens (including phenoxy) is 2. The van der Waals surface area contributed by atoms with E-state index in [1.54, 1.807) is 7.11 Å². The largest absolute Gasteiger partial charge is 0.497 e. The Morgan fingerprint density at radius 2 is 1.52 bits per heavy atom. The van der Waals surface area contributed by atoms with Gasteiger partial charge in [0.25, 0.3) is 0 Å². The molecule has 0 spiro atoms. The first-order valence-corrected chi connectivity index (χ1v) is 10.0. The van der Waals surface area contributed by atoms with Crippen LogP contribution in [-0.4, -0.2) is 38.3 Å². The summed E-state index contributed by atoms with van der Waals surface area (Å²) in [5.74, 6) is 1.81. The van der Waals surface area contributed by atoms with Crippen LogP contribution >= 0.6 is 0 Å². The summed E-state index contributed by atoms with van der Waals surface area (Å²) in [5.41, 5.74) is 2.28. The average molecular weight is 368 g/mol. The van der Waals surface area contributed by atoms with E-state index in [0.717, 1.165) is 42.2 Å². The molecule has 0 fully saturated rings. The molecule has 2 rings (SSSR count). The molecule has 0 bridgehead atoms. The minimum absolute atomic E-state index is 0.767. The summed E-state index contributed by atoms with van der Waals surface area (Å²) in [6, 6.07) is 16.3. The lowest BCUT2D eigenvalue weighted by Gasteiger charge is -2.20. The molecule has 0 heterocycles. The molecule has 0 aliphatic heterocycles. The van der Waals surface area contributed by atoms with Gasteiger partial charge in [-0.05, 0) is 67.7 Å². The molecule has 2 aromatic rings. The van der Waals surface area contributed by atoms with E-state index in [2.05, 4.69) is 49.1 Å². The molecule has 27 heavy (non-hydrogen) atoms. The van der Waals surface area contributed by atoms with Crippen LogP contribution < -0.4 is 9.47 Å². The van der Waals surface area contributed by atoms with Gasteiger partial charge in [-0.2, -0.15) is 0 Å². The summed E-state index contributed by atoms with van der Waals surface area (Å²) in [7, 11) is 1.69. The van der Waals surface area contributed by atoms with E-state index in [1.165, 1.54) is 25.9 Å². The van der Waals surface area contributed by atoms with E-state index in [0.29, 0.717) is 0 Å². The standard InChI is InChI=1S/C24H33NO2/c1-4-16-25(17-5-2)18-7-19-27-23-14-12-21(13-15-23)10-11-22-8-6-9-24(20-22)26-3/h6,8-15,20H,4-5,7,16-19H2,1-3H3. The molecule has 2 aromatic carbocycles. The molecular formula is C24H33NO2. The van der Waals surface area contributed by atoms with Crippen molar-refractivity contribution >= 4 is 12.2 Å². The van der Waals surface area contributed by atoms with Crippen LogP contribution in [0.4, 0.5) is 0 Å². The van der Waals surface area contributed by atoms with Gasteiger partial charge < -0.3 is 14.4 Å². The molecule has 0 radical (unpaired) electrons. The number of hydrogen-bond acceptors (Lipinski definition) is 3. The summed E-state index contributed by atoms with van der Waals surface area (Å²) < 4.78 is 11.2. The fourth-order valence-corrected chi connectivity index (χ4v) is 3.06. The number of nitrogens with zero attached hydrogens (tertiary/aromatic N) is 1. The first-order chi connectivity index (χ1) is 13.2. The number of methoxy groups -OCH3 is 1. The van der Waals surface area contributed by atoms with Gasteiger partial charge in [-0.25, -0.2) is 0 Å². The molecule has 0 aliphatic rings. The Hall–Kier alpha value is -2.26. The average Bonchev–Trinajstić information content (AvgIpc) is 2.71. The normalized spacial score (nSPS) is 11.3. The third-order valence-corrected chi connectivity index (χ3v) is 4.41. The fourth-order valence-electron chi connectivity index (χ4n) is 3.06. The van der Waals surface area contributed by atoms with Crippen LogP contribution in [0.1, 0.15) is 44.2 Å². The molecule has 0 N–H and O–H groups in total. The van der Waals surface area contributed by atoms with Gasteiger partial charge in [0, 0.05) is 6.54 Å². The zero-order valence-electron chi connectivity index (χ0n) is 17.0. The van der Waals surface area contributed by atoms with Crippen LogP contribution in [0, 0.1) is 0 Å². The Morgan fingerprint density at radius 1 is 0.815 bits per heavy atom. The Labute approximate surface area is 164 Å². The highest BCUT2D eigenvalue weighted by Gasteiger charge is 2.02. The van der Waals surface area contributed by atoms with Gasteiger partial charge in [0.1, 0.15) is 11.5 Å². The molecule has 146 valence electrons. The van der Waals surface area contributed by atoms with E-state index in [4.69, 9.17) is 9.47 Å². The van der Waals surface area contributed by atoms with Gasteiger partial charge in [-0.15, -0.1) is 0 Å². The molecule has 0 amide bonds. The van der Waals surface area contributed by atoms with Crippen LogP contribution in [0.15, 0.2) is 48.5 Å². The minimum Gasteiger partial charge on any atom is -0.497 e. The lowest BCUT2D eigenvalue weighted by molar-refractivity contribution is 0.234. The SMILES string of the molecule is CCCN(CCC)CCCOc1ccc(C=Cc2cccc(OC)c2)cc1. The second-order valence-electron chi connectivity index (χ2n) is 6.72. The molecule has 0 unspecified atom stereocenters. The van der Waals surface area contributed by atoms with Gasteiger partial charge in [0.2, 0.25) is 0 Å². The van der Waals surface area contributed by atoms with Gasteiger partial charge >= 0.3 is 0 Å². The van der Waals surface area contributed by atoms with Crippen molar-refractivity contribution in [2.75, 3.05) is 33.4 Å². The molecule has 0 aliphatic carbocycles.